The maximum Gasteiger partial charge on any atom is 0.119 e. The minimum absolute atomic E-state index is 0.876. The molecule has 0 saturated heterocycles. The van der Waals surface area contributed by atoms with E-state index in [4.69, 9.17) is 4.74 Å². The molecule has 1 aromatic heterocycles. The summed E-state index contributed by atoms with van der Waals surface area (Å²) in [5.41, 5.74) is 4.72. The summed E-state index contributed by atoms with van der Waals surface area (Å²) >= 11 is 0. The standard InChI is InChI=1S/C18H17NO/c1-14-11-12-18(15-7-6-10-17(13-15)20-2)19(14)16-8-4-3-5-9-16/h3-13H,1-2H3. The third-order valence-electron chi connectivity index (χ3n) is 3.46. The molecule has 0 aliphatic heterocycles. The van der Waals surface area contributed by atoms with Crippen LogP contribution >= 0.6 is 0 Å². The Kier molecular flexibility index (Phi) is 3.30. The Morgan fingerprint density at radius 2 is 1.65 bits per heavy atom. The summed E-state index contributed by atoms with van der Waals surface area (Å²) in [5.74, 6) is 0.876. The highest BCUT2D eigenvalue weighted by Gasteiger charge is 2.09. The summed E-state index contributed by atoms with van der Waals surface area (Å²) in [6.45, 7) is 2.12. The molecule has 0 aliphatic rings. The van der Waals surface area contributed by atoms with Crippen molar-refractivity contribution in [2.75, 3.05) is 7.11 Å². The van der Waals surface area contributed by atoms with Gasteiger partial charge < -0.3 is 9.30 Å². The number of rotatable bonds is 3. The van der Waals surface area contributed by atoms with E-state index in [1.165, 1.54) is 17.1 Å². The Hall–Kier alpha value is -2.48. The van der Waals surface area contributed by atoms with Gasteiger partial charge in [0.1, 0.15) is 5.75 Å². The largest absolute Gasteiger partial charge is 0.497 e. The first kappa shape index (κ1) is 12.5. The fourth-order valence-electron chi connectivity index (χ4n) is 2.47. The van der Waals surface area contributed by atoms with E-state index in [0.717, 1.165) is 11.3 Å². The Balaban J connectivity index is 2.16. The molecule has 0 bridgehead atoms. The predicted molar refractivity (Wildman–Crippen MR) is 82.5 cm³/mol. The SMILES string of the molecule is COc1cccc(-c2ccc(C)n2-c2ccccc2)c1. The van der Waals surface area contributed by atoms with Gasteiger partial charge in [0.15, 0.2) is 0 Å². The lowest BCUT2D eigenvalue weighted by Crippen LogP contribution is -1.98. The second kappa shape index (κ2) is 5.25. The Morgan fingerprint density at radius 1 is 0.850 bits per heavy atom. The van der Waals surface area contributed by atoms with Crippen molar-refractivity contribution in [2.45, 2.75) is 6.92 Å². The number of nitrogens with zero attached hydrogens (tertiary/aromatic N) is 1. The van der Waals surface area contributed by atoms with E-state index >= 15 is 0 Å². The van der Waals surface area contributed by atoms with E-state index in [9.17, 15) is 0 Å². The van der Waals surface area contributed by atoms with E-state index in [1.807, 2.05) is 18.2 Å². The lowest BCUT2D eigenvalue weighted by atomic mass is 10.1. The second-order valence-corrected chi connectivity index (χ2v) is 4.76. The summed E-state index contributed by atoms with van der Waals surface area (Å²) in [6.07, 6.45) is 0. The van der Waals surface area contributed by atoms with Crippen molar-refractivity contribution in [3.8, 4) is 22.7 Å². The first-order chi connectivity index (χ1) is 9.79. The van der Waals surface area contributed by atoms with Crippen molar-refractivity contribution < 1.29 is 4.74 Å². The minimum atomic E-state index is 0.876. The molecule has 2 aromatic carbocycles. The van der Waals surface area contributed by atoms with Crippen LogP contribution in [0.2, 0.25) is 0 Å². The monoisotopic (exact) mass is 263 g/mol. The molecule has 0 unspecified atom stereocenters. The fraction of sp³-hybridized carbons (Fsp3) is 0.111. The lowest BCUT2D eigenvalue weighted by molar-refractivity contribution is 0.415. The first-order valence-electron chi connectivity index (χ1n) is 6.68. The lowest BCUT2D eigenvalue weighted by Gasteiger charge is -2.12. The van der Waals surface area contributed by atoms with Gasteiger partial charge in [0.05, 0.1) is 12.8 Å². The van der Waals surface area contributed by atoms with Gasteiger partial charge in [-0.05, 0) is 43.3 Å². The summed E-state index contributed by atoms with van der Waals surface area (Å²) in [7, 11) is 1.70. The Bertz CT molecular complexity index is 713. The molecule has 0 atom stereocenters. The molecular weight excluding hydrogens is 246 g/mol. The topological polar surface area (TPSA) is 14.2 Å². The molecule has 1 heterocycles. The highest BCUT2D eigenvalue weighted by atomic mass is 16.5. The van der Waals surface area contributed by atoms with Gasteiger partial charge in [-0.2, -0.15) is 0 Å². The van der Waals surface area contributed by atoms with Crippen molar-refractivity contribution in [3.05, 3.63) is 72.4 Å². The maximum atomic E-state index is 5.32. The van der Waals surface area contributed by atoms with Crippen molar-refractivity contribution >= 4 is 0 Å². The number of methoxy groups -OCH3 is 1. The molecule has 0 spiro atoms. The summed E-state index contributed by atoms with van der Waals surface area (Å²) < 4.78 is 7.58. The number of aryl methyl sites for hydroxylation is 1. The van der Waals surface area contributed by atoms with Crippen molar-refractivity contribution in [1.82, 2.24) is 4.57 Å². The zero-order valence-corrected chi connectivity index (χ0v) is 11.7. The summed E-state index contributed by atoms with van der Waals surface area (Å²) in [6, 6.07) is 22.8. The van der Waals surface area contributed by atoms with Gasteiger partial charge in [-0.25, -0.2) is 0 Å². The van der Waals surface area contributed by atoms with Crippen molar-refractivity contribution in [2.24, 2.45) is 0 Å². The van der Waals surface area contributed by atoms with Crippen LogP contribution in [0.5, 0.6) is 5.75 Å². The second-order valence-electron chi connectivity index (χ2n) is 4.76. The Labute approximate surface area is 119 Å². The highest BCUT2D eigenvalue weighted by molar-refractivity contribution is 5.65. The molecule has 0 aliphatic carbocycles. The average Bonchev–Trinajstić information content (AvgIpc) is 2.90. The number of hydrogen-bond acceptors (Lipinski definition) is 1. The van der Waals surface area contributed by atoms with E-state index in [0.29, 0.717) is 0 Å². The average molecular weight is 263 g/mol. The molecule has 0 radical (unpaired) electrons. The molecule has 100 valence electrons. The van der Waals surface area contributed by atoms with Gasteiger partial charge in [0, 0.05) is 16.9 Å². The minimum Gasteiger partial charge on any atom is -0.497 e. The molecule has 0 amide bonds. The molecule has 3 rings (SSSR count). The van der Waals surface area contributed by atoms with E-state index in [1.54, 1.807) is 7.11 Å². The molecule has 2 nitrogen and oxygen atoms in total. The number of aromatic nitrogens is 1. The van der Waals surface area contributed by atoms with Gasteiger partial charge in [-0.3, -0.25) is 0 Å². The highest BCUT2D eigenvalue weighted by Crippen LogP contribution is 2.28. The van der Waals surface area contributed by atoms with Crippen LogP contribution in [-0.4, -0.2) is 11.7 Å². The normalized spacial score (nSPS) is 10.5. The maximum absolute atomic E-state index is 5.32. The van der Waals surface area contributed by atoms with Gasteiger partial charge in [0.2, 0.25) is 0 Å². The predicted octanol–water partition coefficient (Wildman–Crippen LogP) is 4.46. The number of benzene rings is 2. The summed E-state index contributed by atoms with van der Waals surface area (Å²) in [4.78, 5) is 0. The van der Waals surface area contributed by atoms with Gasteiger partial charge in [-0.1, -0.05) is 30.3 Å². The first-order valence-corrected chi connectivity index (χ1v) is 6.68. The number of ether oxygens (including phenoxy) is 1. The Morgan fingerprint density at radius 3 is 2.40 bits per heavy atom. The molecule has 20 heavy (non-hydrogen) atoms. The third-order valence-corrected chi connectivity index (χ3v) is 3.46. The number of para-hydroxylation sites is 1. The van der Waals surface area contributed by atoms with Gasteiger partial charge >= 0.3 is 0 Å². The van der Waals surface area contributed by atoms with Crippen LogP contribution in [0.4, 0.5) is 0 Å². The van der Waals surface area contributed by atoms with Gasteiger partial charge in [0.25, 0.3) is 0 Å². The number of hydrogen-bond donors (Lipinski definition) is 0. The van der Waals surface area contributed by atoms with Crippen LogP contribution in [0, 0.1) is 6.92 Å². The third kappa shape index (κ3) is 2.21. The fourth-order valence-corrected chi connectivity index (χ4v) is 2.47. The van der Waals surface area contributed by atoms with E-state index in [-0.39, 0.29) is 0 Å². The van der Waals surface area contributed by atoms with Gasteiger partial charge in [-0.15, -0.1) is 0 Å². The van der Waals surface area contributed by atoms with E-state index in [2.05, 4.69) is 60.0 Å². The van der Waals surface area contributed by atoms with Crippen LogP contribution < -0.4 is 4.74 Å². The van der Waals surface area contributed by atoms with Crippen LogP contribution in [0.25, 0.3) is 16.9 Å². The van der Waals surface area contributed by atoms with Crippen LogP contribution in [0.3, 0.4) is 0 Å². The molecule has 2 heteroatoms. The zero-order chi connectivity index (χ0) is 13.9. The van der Waals surface area contributed by atoms with E-state index < -0.39 is 0 Å². The van der Waals surface area contributed by atoms with Crippen molar-refractivity contribution in [3.63, 3.8) is 0 Å². The smallest absolute Gasteiger partial charge is 0.119 e. The van der Waals surface area contributed by atoms with Crippen molar-refractivity contribution in [1.29, 1.82) is 0 Å². The molecule has 3 aromatic rings. The molecule has 0 fully saturated rings. The van der Waals surface area contributed by atoms with Crippen LogP contribution in [0.15, 0.2) is 66.7 Å². The summed E-state index contributed by atoms with van der Waals surface area (Å²) in [5, 5.41) is 0. The quantitative estimate of drug-likeness (QED) is 0.680. The molecule has 0 saturated carbocycles. The zero-order valence-electron chi connectivity index (χ0n) is 11.7. The van der Waals surface area contributed by atoms with Crippen LogP contribution in [-0.2, 0) is 0 Å². The van der Waals surface area contributed by atoms with Crippen LogP contribution in [0.1, 0.15) is 5.69 Å². The molecular formula is C18H17NO. The molecule has 0 N–H and O–H groups in total.